The van der Waals surface area contributed by atoms with E-state index in [9.17, 15) is 9.59 Å². The number of nitrogens with two attached hydrogens (primary N) is 1. The average Bonchev–Trinajstić information content (AvgIpc) is 2.28. The number of benzene rings is 1. The van der Waals surface area contributed by atoms with Crippen LogP contribution in [0.5, 0.6) is 5.75 Å². The number of phenolic OH excluding ortho intramolecular Hbond substituents is 1. The van der Waals surface area contributed by atoms with Crippen LogP contribution in [0.15, 0.2) is 30.3 Å². The van der Waals surface area contributed by atoms with Crippen molar-refractivity contribution < 1.29 is 19.5 Å². The van der Waals surface area contributed by atoms with Crippen LogP contribution in [-0.4, -0.2) is 23.5 Å². The van der Waals surface area contributed by atoms with Gasteiger partial charge in [0.2, 0.25) is 5.91 Å². The normalized spacial score (nSPS) is 10.4. The lowest BCUT2D eigenvalue weighted by atomic mass is 10.2. The van der Waals surface area contributed by atoms with Gasteiger partial charge in [-0.05, 0) is 23.8 Å². The van der Waals surface area contributed by atoms with Crippen molar-refractivity contribution >= 4 is 17.9 Å². The first-order chi connectivity index (χ1) is 8.08. The van der Waals surface area contributed by atoms with E-state index in [0.29, 0.717) is 0 Å². The zero-order chi connectivity index (χ0) is 12.7. The molecule has 0 radical (unpaired) electrons. The summed E-state index contributed by atoms with van der Waals surface area (Å²) in [7, 11) is 0. The molecule has 6 nitrogen and oxygen atoms in total. The lowest BCUT2D eigenvalue weighted by Crippen LogP contribution is -2.28. The smallest absolute Gasteiger partial charge is 0.267 e. The molecule has 0 aliphatic heterocycles. The highest BCUT2D eigenvalue weighted by Gasteiger charge is 1.97. The topological polar surface area (TPSA) is 102 Å². The Hall–Kier alpha value is -2.34. The van der Waals surface area contributed by atoms with Gasteiger partial charge in [-0.15, -0.1) is 0 Å². The molecular formula is C11H12N2O4. The maximum Gasteiger partial charge on any atom is 0.267 e. The molecule has 1 aromatic carbocycles. The van der Waals surface area contributed by atoms with E-state index in [1.54, 1.807) is 12.1 Å². The summed E-state index contributed by atoms with van der Waals surface area (Å²) in [4.78, 5) is 25.9. The zero-order valence-corrected chi connectivity index (χ0v) is 8.92. The Bertz CT molecular complexity index is 426. The van der Waals surface area contributed by atoms with Crippen LogP contribution < -0.4 is 11.2 Å². The van der Waals surface area contributed by atoms with Crippen LogP contribution in [0, 0.1) is 0 Å². The van der Waals surface area contributed by atoms with E-state index >= 15 is 0 Å². The molecule has 0 fully saturated rings. The molecule has 0 saturated heterocycles. The molecule has 0 heterocycles. The van der Waals surface area contributed by atoms with E-state index in [1.807, 2.05) is 5.48 Å². The van der Waals surface area contributed by atoms with Crippen LogP contribution >= 0.6 is 0 Å². The van der Waals surface area contributed by atoms with Crippen molar-refractivity contribution in [2.24, 2.45) is 5.73 Å². The zero-order valence-electron chi connectivity index (χ0n) is 8.92. The second-order valence-electron chi connectivity index (χ2n) is 3.15. The minimum Gasteiger partial charge on any atom is -0.508 e. The fourth-order valence-corrected chi connectivity index (χ4v) is 0.970. The Labute approximate surface area is 97.6 Å². The Balaban J connectivity index is 2.40. The van der Waals surface area contributed by atoms with Crippen LogP contribution in [0.3, 0.4) is 0 Å². The van der Waals surface area contributed by atoms with E-state index in [2.05, 4.69) is 4.84 Å². The Kier molecular flexibility index (Phi) is 4.71. The van der Waals surface area contributed by atoms with Gasteiger partial charge in [0.1, 0.15) is 5.75 Å². The molecule has 0 bridgehead atoms. The molecule has 0 aliphatic carbocycles. The lowest BCUT2D eigenvalue weighted by Gasteiger charge is -1.99. The third-order valence-corrected chi connectivity index (χ3v) is 1.71. The molecule has 0 unspecified atom stereocenters. The molecule has 17 heavy (non-hydrogen) atoms. The molecule has 0 aliphatic rings. The molecule has 6 heteroatoms. The van der Waals surface area contributed by atoms with Crippen LogP contribution in [0.2, 0.25) is 0 Å². The fourth-order valence-electron chi connectivity index (χ4n) is 0.970. The van der Waals surface area contributed by atoms with Gasteiger partial charge in [-0.25, -0.2) is 5.48 Å². The third kappa shape index (κ3) is 5.33. The van der Waals surface area contributed by atoms with E-state index in [1.165, 1.54) is 24.3 Å². The molecule has 0 saturated carbocycles. The van der Waals surface area contributed by atoms with Gasteiger partial charge in [-0.2, -0.15) is 0 Å². The first-order valence-electron chi connectivity index (χ1n) is 4.75. The summed E-state index contributed by atoms with van der Waals surface area (Å²) in [5, 5.41) is 9.04. The maximum absolute atomic E-state index is 11.1. The predicted molar refractivity (Wildman–Crippen MR) is 60.4 cm³/mol. The van der Waals surface area contributed by atoms with E-state index in [4.69, 9.17) is 10.8 Å². The summed E-state index contributed by atoms with van der Waals surface area (Å²) >= 11 is 0. The summed E-state index contributed by atoms with van der Waals surface area (Å²) < 4.78 is 0. The number of phenols is 1. The van der Waals surface area contributed by atoms with Gasteiger partial charge >= 0.3 is 0 Å². The van der Waals surface area contributed by atoms with Gasteiger partial charge in [-0.1, -0.05) is 12.1 Å². The standard InChI is InChI=1S/C11H12N2O4/c12-10(15)7-17-13-11(16)6-3-8-1-4-9(14)5-2-8/h1-6,14H,7H2,(H2,12,15)(H,13,16)/b6-3+. The summed E-state index contributed by atoms with van der Waals surface area (Å²) in [6.45, 7) is -0.376. The second-order valence-corrected chi connectivity index (χ2v) is 3.15. The SMILES string of the molecule is NC(=O)CONC(=O)/C=C/c1ccc(O)cc1. The number of hydrogen-bond donors (Lipinski definition) is 3. The average molecular weight is 236 g/mol. The second kappa shape index (κ2) is 6.29. The first-order valence-corrected chi connectivity index (χ1v) is 4.75. The molecular weight excluding hydrogens is 224 g/mol. The van der Waals surface area contributed by atoms with E-state index in [-0.39, 0.29) is 12.4 Å². The van der Waals surface area contributed by atoms with Crippen LogP contribution in [-0.2, 0) is 14.4 Å². The molecule has 4 N–H and O–H groups in total. The van der Waals surface area contributed by atoms with Gasteiger partial charge in [0.05, 0.1) is 0 Å². The Morgan fingerprint density at radius 3 is 2.59 bits per heavy atom. The largest absolute Gasteiger partial charge is 0.508 e. The molecule has 1 aromatic rings. The molecule has 0 atom stereocenters. The van der Waals surface area contributed by atoms with Gasteiger partial charge in [-0.3, -0.25) is 14.4 Å². The Morgan fingerprint density at radius 1 is 1.35 bits per heavy atom. The maximum atomic E-state index is 11.1. The van der Waals surface area contributed by atoms with Crippen LogP contribution in [0.4, 0.5) is 0 Å². The van der Waals surface area contributed by atoms with Crippen molar-refractivity contribution in [1.29, 1.82) is 0 Å². The van der Waals surface area contributed by atoms with Crippen molar-refractivity contribution in [3.8, 4) is 5.75 Å². The minimum absolute atomic E-state index is 0.149. The molecule has 2 amide bonds. The Morgan fingerprint density at radius 2 is 2.00 bits per heavy atom. The summed E-state index contributed by atoms with van der Waals surface area (Å²) in [6, 6.07) is 6.29. The van der Waals surface area contributed by atoms with Crippen molar-refractivity contribution in [3.63, 3.8) is 0 Å². The van der Waals surface area contributed by atoms with Gasteiger partial charge in [0.25, 0.3) is 5.91 Å². The van der Waals surface area contributed by atoms with Crippen LogP contribution in [0.25, 0.3) is 6.08 Å². The first kappa shape index (κ1) is 12.7. The number of rotatable bonds is 5. The monoisotopic (exact) mass is 236 g/mol. The predicted octanol–water partition coefficient (Wildman–Crippen LogP) is -0.0615. The van der Waals surface area contributed by atoms with Crippen molar-refractivity contribution in [1.82, 2.24) is 5.48 Å². The van der Waals surface area contributed by atoms with Crippen LogP contribution in [0.1, 0.15) is 5.56 Å². The van der Waals surface area contributed by atoms with Gasteiger partial charge < -0.3 is 10.8 Å². The fraction of sp³-hybridized carbons (Fsp3) is 0.0909. The quantitative estimate of drug-likeness (QED) is 0.492. The van der Waals surface area contributed by atoms with Gasteiger partial charge in [0.15, 0.2) is 6.61 Å². The lowest BCUT2D eigenvalue weighted by molar-refractivity contribution is -0.134. The summed E-state index contributed by atoms with van der Waals surface area (Å²) in [5.74, 6) is -1.04. The molecule has 0 spiro atoms. The number of amides is 2. The highest BCUT2D eigenvalue weighted by molar-refractivity contribution is 5.91. The van der Waals surface area contributed by atoms with Crippen molar-refractivity contribution in [2.75, 3.05) is 6.61 Å². The summed E-state index contributed by atoms with van der Waals surface area (Å²) in [5.41, 5.74) is 7.56. The summed E-state index contributed by atoms with van der Waals surface area (Å²) in [6.07, 6.45) is 2.76. The highest BCUT2D eigenvalue weighted by Crippen LogP contribution is 2.10. The van der Waals surface area contributed by atoms with Crippen molar-refractivity contribution in [3.05, 3.63) is 35.9 Å². The van der Waals surface area contributed by atoms with E-state index in [0.717, 1.165) is 5.56 Å². The van der Waals surface area contributed by atoms with Gasteiger partial charge in [0, 0.05) is 6.08 Å². The molecule has 90 valence electrons. The number of carbonyl (C=O) groups excluding carboxylic acids is 2. The minimum atomic E-state index is -0.673. The number of aromatic hydroxyl groups is 1. The number of hydrogen-bond acceptors (Lipinski definition) is 4. The third-order valence-electron chi connectivity index (χ3n) is 1.71. The highest BCUT2D eigenvalue weighted by atomic mass is 16.7. The number of primary amides is 1. The number of nitrogens with one attached hydrogen (secondary N) is 1. The molecule has 1 rings (SSSR count). The van der Waals surface area contributed by atoms with E-state index < -0.39 is 11.8 Å². The molecule has 0 aromatic heterocycles. The van der Waals surface area contributed by atoms with Crippen molar-refractivity contribution in [2.45, 2.75) is 0 Å². The number of hydroxylamine groups is 1. The number of carbonyl (C=O) groups is 2.